The lowest BCUT2D eigenvalue weighted by atomic mass is 9.74. The van der Waals surface area contributed by atoms with Crippen molar-refractivity contribution in [3.63, 3.8) is 0 Å². The van der Waals surface area contributed by atoms with Gasteiger partial charge in [-0.3, -0.25) is 0 Å². The van der Waals surface area contributed by atoms with Crippen molar-refractivity contribution in [3.8, 4) is 5.75 Å². The van der Waals surface area contributed by atoms with Crippen LogP contribution in [0.25, 0.3) is 0 Å². The number of carbonyl (C=O) groups is 1. The molecule has 1 N–H and O–H groups in total. The highest BCUT2D eigenvalue weighted by Gasteiger charge is 2.41. The van der Waals surface area contributed by atoms with Gasteiger partial charge in [0.2, 0.25) is 0 Å². The highest BCUT2D eigenvalue weighted by Crippen LogP contribution is 2.53. The molecule has 0 aromatic heterocycles. The molecular weight excluding hydrogens is 551 g/mol. The maximum atomic E-state index is 11.2. The number of carboxylic acid groups (broad SMARTS) is 1. The van der Waals surface area contributed by atoms with Crippen LogP contribution in [-0.4, -0.2) is 17.7 Å². The van der Waals surface area contributed by atoms with E-state index >= 15 is 0 Å². The molecule has 4 nitrogen and oxygen atoms in total. The minimum atomic E-state index is -1.04. The molecule has 7 heteroatoms. The van der Waals surface area contributed by atoms with Crippen molar-refractivity contribution >= 4 is 45.1 Å². The SMILES string of the molecule is C=C(C)[C@H]1C[C@H](c2cccc(Cl)c2)[C@H](c2ccc(Cl)cc2)O[C@@H]1c1cc(Br)ccc1OCC(=O)O. The summed E-state index contributed by atoms with van der Waals surface area (Å²) in [4.78, 5) is 11.2. The summed E-state index contributed by atoms with van der Waals surface area (Å²) in [5, 5.41) is 10.5. The molecule has 1 aliphatic rings. The second-order valence-electron chi connectivity index (χ2n) is 8.74. The summed E-state index contributed by atoms with van der Waals surface area (Å²) < 4.78 is 13.4. The second kappa shape index (κ2) is 11.2. The highest BCUT2D eigenvalue weighted by molar-refractivity contribution is 9.10. The molecule has 35 heavy (non-hydrogen) atoms. The van der Waals surface area contributed by atoms with Crippen LogP contribution in [-0.2, 0) is 9.53 Å². The Labute approximate surface area is 223 Å². The number of hydrogen-bond donors (Lipinski definition) is 1. The van der Waals surface area contributed by atoms with Crippen LogP contribution in [0.5, 0.6) is 5.75 Å². The molecule has 1 fully saturated rings. The van der Waals surface area contributed by atoms with E-state index in [1.165, 1.54) is 0 Å². The average molecular weight is 576 g/mol. The Balaban J connectivity index is 1.81. The fraction of sp³-hybridized carbons (Fsp3) is 0.250. The van der Waals surface area contributed by atoms with Gasteiger partial charge < -0.3 is 14.6 Å². The van der Waals surface area contributed by atoms with Crippen LogP contribution in [0.2, 0.25) is 10.0 Å². The Morgan fingerprint density at radius 3 is 2.46 bits per heavy atom. The molecule has 3 aromatic rings. The van der Waals surface area contributed by atoms with Gasteiger partial charge in [-0.2, -0.15) is 0 Å². The van der Waals surface area contributed by atoms with E-state index in [0.717, 1.165) is 33.2 Å². The Morgan fingerprint density at radius 1 is 1.06 bits per heavy atom. The summed E-state index contributed by atoms with van der Waals surface area (Å²) in [5.41, 5.74) is 3.82. The number of halogens is 3. The van der Waals surface area contributed by atoms with E-state index in [1.807, 2.05) is 61.5 Å². The lowest BCUT2D eigenvalue weighted by Crippen LogP contribution is -2.32. The number of carboxylic acids is 1. The van der Waals surface area contributed by atoms with Gasteiger partial charge in [0.1, 0.15) is 5.75 Å². The lowest BCUT2D eigenvalue weighted by molar-refractivity contribution is -0.139. The maximum Gasteiger partial charge on any atom is 0.341 e. The molecule has 0 bridgehead atoms. The van der Waals surface area contributed by atoms with Crippen LogP contribution in [0.15, 0.2) is 83.4 Å². The number of aliphatic carboxylic acids is 1. The van der Waals surface area contributed by atoms with Crippen LogP contribution in [0.4, 0.5) is 0 Å². The molecule has 0 unspecified atom stereocenters. The van der Waals surface area contributed by atoms with Gasteiger partial charge in [-0.15, -0.1) is 0 Å². The molecule has 182 valence electrons. The Bertz CT molecular complexity index is 1230. The summed E-state index contributed by atoms with van der Waals surface area (Å²) in [5.74, 6) is -0.588. The van der Waals surface area contributed by atoms with E-state index in [0.29, 0.717) is 15.8 Å². The summed E-state index contributed by atoms with van der Waals surface area (Å²) in [7, 11) is 0. The summed E-state index contributed by atoms with van der Waals surface area (Å²) >= 11 is 16.1. The van der Waals surface area contributed by atoms with Gasteiger partial charge in [0.15, 0.2) is 6.61 Å². The third-order valence-electron chi connectivity index (χ3n) is 6.27. The van der Waals surface area contributed by atoms with E-state index in [4.69, 9.17) is 37.8 Å². The molecule has 1 aliphatic heterocycles. The quantitative estimate of drug-likeness (QED) is 0.287. The molecule has 1 heterocycles. The number of benzene rings is 3. The standard InChI is InChI=1S/C28H25BrCl2O4/c1-16(2)22-14-23(18-4-3-5-21(31)12-18)27(17-6-9-20(30)10-7-17)35-28(22)24-13-19(29)8-11-25(24)34-15-26(32)33/h3-13,22-23,27-28H,1,14-15H2,2H3,(H,32,33)/t22-,23-,27+,28+/m1/s1. The van der Waals surface area contributed by atoms with E-state index in [1.54, 1.807) is 6.07 Å². The zero-order valence-electron chi connectivity index (χ0n) is 19.1. The average Bonchev–Trinajstić information content (AvgIpc) is 2.83. The topological polar surface area (TPSA) is 55.8 Å². The first-order valence-corrected chi connectivity index (χ1v) is 12.7. The van der Waals surface area contributed by atoms with Crippen molar-refractivity contribution in [1.82, 2.24) is 0 Å². The Kier molecular flexibility index (Phi) is 8.23. The number of ether oxygens (including phenoxy) is 2. The van der Waals surface area contributed by atoms with Crippen LogP contribution in [0.3, 0.4) is 0 Å². The highest BCUT2D eigenvalue weighted by atomic mass is 79.9. The lowest BCUT2D eigenvalue weighted by Gasteiger charge is -2.43. The first-order chi connectivity index (χ1) is 16.7. The third kappa shape index (κ3) is 6.10. The van der Waals surface area contributed by atoms with Crippen molar-refractivity contribution in [2.75, 3.05) is 6.61 Å². The molecular formula is C28H25BrCl2O4. The van der Waals surface area contributed by atoms with Crippen LogP contribution < -0.4 is 4.74 Å². The predicted octanol–water partition coefficient (Wildman–Crippen LogP) is 8.40. The Morgan fingerprint density at radius 2 is 1.80 bits per heavy atom. The zero-order chi connectivity index (χ0) is 25.1. The smallest absolute Gasteiger partial charge is 0.341 e. The van der Waals surface area contributed by atoms with Crippen molar-refractivity contribution in [2.24, 2.45) is 5.92 Å². The molecule has 1 saturated heterocycles. The first kappa shape index (κ1) is 25.8. The van der Waals surface area contributed by atoms with Gasteiger partial charge in [0, 0.05) is 31.9 Å². The van der Waals surface area contributed by atoms with E-state index in [-0.39, 0.29) is 17.9 Å². The predicted molar refractivity (Wildman–Crippen MR) is 142 cm³/mol. The Hall–Kier alpha value is -2.31. The first-order valence-electron chi connectivity index (χ1n) is 11.2. The normalized spacial score (nSPS) is 21.9. The van der Waals surface area contributed by atoms with Crippen molar-refractivity contribution in [3.05, 3.63) is 110 Å². The van der Waals surface area contributed by atoms with Gasteiger partial charge in [-0.25, -0.2) is 4.79 Å². The van der Waals surface area contributed by atoms with Gasteiger partial charge in [0.05, 0.1) is 12.2 Å². The molecule has 0 radical (unpaired) electrons. The van der Waals surface area contributed by atoms with Crippen molar-refractivity contribution in [1.29, 1.82) is 0 Å². The maximum absolute atomic E-state index is 11.2. The second-order valence-corrected chi connectivity index (χ2v) is 10.5. The van der Waals surface area contributed by atoms with Crippen LogP contribution in [0, 0.1) is 5.92 Å². The zero-order valence-corrected chi connectivity index (χ0v) is 22.2. The van der Waals surface area contributed by atoms with Gasteiger partial charge in [-0.05, 0) is 66.9 Å². The largest absolute Gasteiger partial charge is 0.482 e. The molecule has 4 rings (SSSR count). The summed E-state index contributed by atoms with van der Waals surface area (Å²) in [6.45, 7) is 5.82. The molecule has 0 aliphatic carbocycles. The molecule has 0 amide bonds. The van der Waals surface area contributed by atoms with Gasteiger partial charge in [0.25, 0.3) is 0 Å². The van der Waals surface area contributed by atoms with Crippen LogP contribution in [0.1, 0.15) is 48.2 Å². The molecule has 0 spiro atoms. The minimum Gasteiger partial charge on any atom is -0.482 e. The monoisotopic (exact) mass is 574 g/mol. The van der Waals surface area contributed by atoms with Crippen LogP contribution >= 0.6 is 39.1 Å². The molecule has 3 aromatic carbocycles. The summed E-state index contributed by atoms with van der Waals surface area (Å²) in [6, 6.07) is 21.0. The fourth-order valence-corrected chi connectivity index (χ4v) is 5.35. The molecule has 0 saturated carbocycles. The van der Waals surface area contributed by atoms with E-state index < -0.39 is 18.7 Å². The fourth-order valence-electron chi connectivity index (χ4n) is 4.64. The number of rotatable bonds is 7. The minimum absolute atomic E-state index is 0.0170. The van der Waals surface area contributed by atoms with Crippen molar-refractivity contribution in [2.45, 2.75) is 31.5 Å². The van der Waals surface area contributed by atoms with Gasteiger partial charge in [-0.1, -0.05) is 75.5 Å². The molecule has 4 atom stereocenters. The third-order valence-corrected chi connectivity index (χ3v) is 7.25. The summed E-state index contributed by atoms with van der Waals surface area (Å²) in [6.07, 6.45) is 0.0703. The van der Waals surface area contributed by atoms with Crippen molar-refractivity contribution < 1.29 is 19.4 Å². The number of hydrogen-bond acceptors (Lipinski definition) is 3. The van der Waals surface area contributed by atoms with E-state index in [2.05, 4.69) is 28.6 Å². The van der Waals surface area contributed by atoms with E-state index in [9.17, 15) is 4.79 Å². The van der Waals surface area contributed by atoms with Gasteiger partial charge >= 0.3 is 5.97 Å².